The summed E-state index contributed by atoms with van der Waals surface area (Å²) in [6.07, 6.45) is 0. The summed E-state index contributed by atoms with van der Waals surface area (Å²) in [7, 11) is 1.49. The van der Waals surface area contributed by atoms with Gasteiger partial charge in [-0.05, 0) is 51.0 Å². The minimum atomic E-state index is -0.537. The number of nitrogens with one attached hydrogen (secondary N) is 2. The maximum absolute atomic E-state index is 12.7. The number of anilines is 2. The van der Waals surface area contributed by atoms with E-state index in [1.54, 1.807) is 0 Å². The molecule has 2 amide bonds. The third-order valence-electron chi connectivity index (χ3n) is 4.48. The van der Waals surface area contributed by atoms with Crippen LogP contribution in [0.5, 0.6) is 0 Å². The first-order valence-corrected chi connectivity index (χ1v) is 9.29. The third kappa shape index (κ3) is 5.31. The molecule has 0 atom stereocenters. The maximum atomic E-state index is 12.7. The first kappa shape index (κ1) is 21.9. The average molecular weight is 398 g/mol. The van der Waals surface area contributed by atoms with E-state index in [9.17, 15) is 19.7 Å². The van der Waals surface area contributed by atoms with E-state index in [0.29, 0.717) is 12.2 Å². The van der Waals surface area contributed by atoms with Gasteiger partial charge in [-0.2, -0.15) is 0 Å². The average Bonchev–Trinajstić information content (AvgIpc) is 2.64. The van der Waals surface area contributed by atoms with E-state index < -0.39 is 10.8 Å². The topological polar surface area (TPSA) is 105 Å². The number of hydrogen-bond donors (Lipinski definition) is 2. The van der Waals surface area contributed by atoms with Gasteiger partial charge in [-0.1, -0.05) is 17.7 Å². The predicted octanol–water partition coefficient (Wildman–Crippen LogP) is 3.66. The molecule has 0 fully saturated rings. The number of rotatable bonds is 7. The van der Waals surface area contributed by atoms with E-state index >= 15 is 0 Å². The fourth-order valence-electron chi connectivity index (χ4n) is 3.22. The fourth-order valence-corrected chi connectivity index (χ4v) is 3.22. The van der Waals surface area contributed by atoms with Crippen molar-refractivity contribution in [2.45, 2.75) is 27.7 Å². The van der Waals surface area contributed by atoms with Crippen LogP contribution in [0.4, 0.5) is 17.1 Å². The quantitative estimate of drug-likeness (QED) is 0.547. The molecular formula is C21H26N4O4. The highest BCUT2D eigenvalue weighted by Gasteiger charge is 2.21. The van der Waals surface area contributed by atoms with Gasteiger partial charge in [0.1, 0.15) is 5.69 Å². The molecule has 0 unspecified atom stereocenters. The standard InChI is InChI=1S/C21H26N4O4/c1-6-22-17-8-7-16(11-18(17)25(28)29)21(27)24(5)12-19(26)23-20-14(3)9-13(2)10-15(20)4/h7-11,22H,6,12H2,1-5H3,(H,23,26). The van der Waals surface area contributed by atoms with Crippen LogP contribution in [0.15, 0.2) is 30.3 Å². The van der Waals surface area contributed by atoms with Gasteiger partial charge in [0.15, 0.2) is 0 Å². The number of benzene rings is 2. The number of likely N-dealkylation sites (N-methyl/N-ethyl adjacent to an activating group) is 1. The zero-order valence-electron chi connectivity index (χ0n) is 17.3. The molecule has 0 aliphatic rings. The molecule has 0 bridgehead atoms. The summed E-state index contributed by atoms with van der Waals surface area (Å²) in [6.45, 7) is 7.98. The van der Waals surface area contributed by atoms with Crippen LogP contribution in [0.1, 0.15) is 34.0 Å². The number of nitro groups is 1. The summed E-state index contributed by atoms with van der Waals surface area (Å²) < 4.78 is 0. The first-order valence-electron chi connectivity index (χ1n) is 9.29. The zero-order valence-corrected chi connectivity index (χ0v) is 17.3. The highest BCUT2D eigenvalue weighted by atomic mass is 16.6. The van der Waals surface area contributed by atoms with Crippen LogP contribution >= 0.6 is 0 Å². The molecule has 2 N–H and O–H groups in total. The summed E-state index contributed by atoms with van der Waals surface area (Å²) in [5, 5.41) is 17.0. The van der Waals surface area contributed by atoms with E-state index in [0.717, 1.165) is 22.4 Å². The smallest absolute Gasteiger partial charge is 0.293 e. The van der Waals surface area contributed by atoms with Crippen molar-refractivity contribution in [3.05, 3.63) is 62.7 Å². The van der Waals surface area contributed by atoms with Crippen molar-refractivity contribution in [1.29, 1.82) is 0 Å². The Hall–Kier alpha value is -3.42. The van der Waals surface area contributed by atoms with Crippen LogP contribution in [-0.4, -0.2) is 41.8 Å². The molecule has 0 saturated heterocycles. The SMILES string of the molecule is CCNc1ccc(C(=O)N(C)CC(=O)Nc2c(C)cc(C)cc2C)cc1[N+](=O)[O-]. The van der Waals surface area contributed by atoms with Crippen molar-refractivity contribution in [2.24, 2.45) is 0 Å². The Balaban J connectivity index is 2.13. The number of carbonyl (C=O) groups is 2. The molecule has 2 aromatic carbocycles. The molecule has 0 spiro atoms. The fraction of sp³-hybridized carbons (Fsp3) is 0.333. The zero-order chi connectivity index (χ0) is 21.7. The molecule has 2 rings (SSSR count). The molecule has 8 heteroatoms. The molecule has 29 heavy (non-hydrogen) atoms. The lowest BCUT2D eigenvalue weighted by Crippen LogP contribution is -2.35. The number of hydrogen-bond acceptors (Lipinski definition) is 5. The van der Waals surface area contributed by atoms with Crippen LogP contribution in [0.25, 0.3) is 0 Å². The lowest BCUT2D eigenvalue weighted by molar-refractivity contribution is -0.384. The van der Waals surface area contributed by atoms with Crippen molar-refractivity contribution in [1.82, 2.24) is 4.90 Å². The predicted molar refractivity (Wildman–Crippen MR) is 114 cm³/mol. The van der Waals surface area contributed by atoms with Crippen molar-refractivity contribution in [3.63, 3.8) is 0 Å². The van der Waals surface area contributed by atoms with E-state index in [2.05, 4.69) is 10.6 Å². The van der Waals surface area contributed by atoms with Gasteiger partial charge in [0.25, 0.3) is 11.6 Å². The van der Waals surface area contributed by atoms with E-state index in [4.69, 9.17) is 0 Å². The van der Waals surface area contributed by atoms with E-state index in [1.165, 1.54) is 30.1 Å². The van der Waals surface area contributed by atoms with Crippen LogP contribution in [0, 0.1) is 30.9 Å². The van der Waals surface area contributed by atoms with Gasteiger partial charge in [0.2, 0.25) is 5.91 Å². The van der Waals surface area contributed by atoms with Gasteiger partial charge in [0.05, 0.1) is 11.5 Å². The summed E-state index contributed by atoms with van der Waals surface area (Å²) in [6, 6.07) is 8.19. The van der Waals surface area contributed by atoms with Gasteiger partial charge in [0, 0.05) is 30.9 Å². The molecule has 0 aliphatic carbocycles. The Morgan fingerprint density at radius 1 is 1.10 bits per heavy atom. The Bertz CT molecular complexity index is 933. The van der Waals surface area contributed by atoms with Gasteiger partial charge < -0.3 is 15.5 Å². The summed E-state index contributed by atoms with van der Waals surface area (Å²) in [5.74, 6) is -0.807. The normalized spacial score (nSPS) is 10.4. The van der Waals surface area contributed by atoms with Crippen LogP contribution in [0.2, 0.25) is 0 Å². The molecule has 154 valence electrons. The number of aryl methyl sites for hydroxylation is 3. The summed E-state index contributed by atoms with van der Waals surface area (Å²) >= 11 is 0. The van der Waals surface area contributed by atoms with Crippen LogP contribution < -0.4 is 10.6 Å². The van der Waals surface area contributed by atoms with Crippen LogP contribution in [-0.2, 0) is 4.79 Å². The first-order chi connectivity index (χ1) is 13.6. The molecule has 0 aliphatic heterocycles. The van der Waals surface area contributed by atoms with Crippen molar-refractivity contribution >= 4 is 28.9 Å². The second-order valence-electron chi connectivity index (χ2n) is 7.00. The number of carbonyl (C=O) groups excluding carboxylic acids is 2. The van der Waals surface area contributed by atoms with Crippen molar-refractivity contribution in [3.8, 4) is 0 Å². The summed E-state index contributed by atoms with van der Waals surface area (Å²) in [5.41, 5.74) is 4.04. The lowest BCUT2D eigenvalue weighted by Gasteiger charge is -2.19. The Labute approximate surface area is 170 Å². The van der Waals surface area contributed by atoms with E-state index in [1.807, 2.05) is 39.8 Å². The van der Waals surface area contributed by atoms with E-state index in [-0.39, 0.29) is 23.7 Å². The minimum absolute atomic E-state index is 0.149. The largest absolute Gasteiger partial charge is 0.380 e. The van der Waals surface area contributed by atoms with Crippen molar-refractivity contribution in [2.75, 3.05) is 30.8 Å². The second kappa shape index (κ2) is 9.18. The lowest BCUT2D eigenvalue weighted by atomic mass is 10.1. The minimum Gasteiger partial charge on any atom is -0.380 e. The van der Waals surface area contributed by atoms with Gasteiger partial charge >= 0.3 is 0 Å². The summed E-state index contributed by atoms with van der Waals surface area (Å²) in [4.78, 5) is 37.1. The second-order valence-corrected chi connectivity index (χ2v) is 7.00. The Morgan fingerprint density at radius 2 is 1.72 bits per heavy atom. The van der Waals surface area contributed by atoms with Gasteiger partial charge in [-0.25, -0.2) is 0 Å². The number of nitrogens with zero attached hydrogens (tertiary/aromatic N) is 2. The third-order valence-corrected chi connectivity index (χ3v) is 4.48. The maximum Gasteiger partial charge on any atom is 0.293 e. The number of nitro benzene ring substituents is 1. The molecule has 2 aromatic rings. The Morgan fingerprint density at radius 3 is 2.28 bits per heavy atom. The van der Waals surface area contributed by atoms with Crippen molar-refractivity contribution < 1.29 is 14.5 Å². The molecule has 0 heterocycles. The highest BCUT2D eigenvalue weighted by Crippen LogP contribution is 2.26. The molecule has 0 saturated carbocycles. The van der Waals surface area contributed by atoms with Gasteiger partial charge in [-0.3, -0.25) is 19.7 Å². The van der Waals surface area contributed by atoms with Crippen LogP contribution in [0.3, 0.4) is 0 Å². The molecule has 0 aromatic heterocycles. The Kier molecular flexibility index (Phi) is 6.93. The monoisotopic (exact) mass is 398 g/mol. The molecule has 0 radical (unpaired) electrons. The molecule has 8 nitrogen and oxygen atoms in total. The molecular weight excluding hydrogens is 372 g/mol. The van der Waals surface area contributed by atoms with Gasteiger partial charge in [-0.15, -0.1) is 0 Å². The highest BCUT2D eigenvalue weighted by molar-refractivity contribution is 6.00. The number of amides is 2.